The van der Waals surface area contributed by atoms with Crippen LogP contribution in [-0.2, 0) is 6.42 Å². The van der Waals surface area contributed by atoms with Crippen molar-refractivity contribution in [2.24, 2.45) is 5.73 Å². The minimum absolute atomic E-state index is 0.0194. The number of carbonyl (C=O) groups excluding carboxylic acids is 1. The first-order chi connectivity index (χ1) is 8.22. The van der Waals surface area contributed by atoms with E-state index in [1.807, 2.05) is 24.3 Å². The van der Waals surface area contributed by atoms with Crippen LogP contribution in [-0.4, -0.2) is 12.3 Å². The molecule has 1 aromatic heterocycles. The number of thiophene rings is 1. The molecule has 2 rings (SSSR count). The molecule has 0 bridgehead atoms. The molecule has 1 aromatic carbocycles. The summed E-state index contributed by atoms with van der Waals surface area (Å²) in [4.78, 5) is 12.9. The van der Waals surface area contributed by atoms with Crippen LogP contribution in [0.3, 0.4) is 0 Å². The van der Waals surface area contributed by atoms with E-state index in [1.54, 1.807) is 12.1 Å². The number of hydrogen-bond acceptors (Lipinski definition) is 3. The van der Waals surface area contributed by atoms with Gasteiger partial charge in [0.25, 0.3) is 0 Å². The summed E-state index contributed by atoms with van der Waals surface area (Å²) >= 11 is 7.14. The van der Waals surface area contributed by atoms with Crippen molar-refractivity contribution in [3.05, 3.63) is 56.7 Å². The van der Waals surface area contributed by atoms with Crippen LogP contribution in [0.2, 0.25) is 4.34 Å². The lowest BCUT2D eigenvalue weighted by molar-refractivity contribution is 0.104. The fourth-order valence-corrected chi connectivity index (χ4v) is 2.68. The van der Waals surface area contributed by atoms with E-state index in [-0.39, 0.29) is 5.78 Å². The van der Waals surface area contributed by atoms with Crippen LogP contribution in [0.15, 0.2) is 36.4 Å². The number of ketones is 1. The number of carbonyl (C=O) groups is 1. The Balaban J connectivity index is 2.36. The van der Waals surface area contributed by atoms with Gasteiger partial charge in [0.1, 0.15) is 0 Å². The maximum atomic E-state index is 12.3. The van der Waals surface area contributed by atoms with Gasteiger partial charge < -0.3 is 5.73 Å². The predicted octanol–water partition coefficient (Wildman–Crippen LogP) is 3.13. The molecule has 0 spiro atoms. The molecule has 2 aromatic rings. The molecule has 2 nitrogen and oxygen atoms in total. The number of hydrogen-bond donors (Lipinski definition) is 1. The SMILES string of the molecule is NCCc1ccccc1C(=O)c1ccc(Cl)s1. The van der Waals surface area contributed by atoms with Crippen LogP contribution in [0, 0.1) is 0 Å². The first-order valence-corrected chi connectivity index (χ1v) is 6.50. The van der Waals surface area contributed by atoms with E-state index in [9.17, 15) is 4.79 Å². The summed E-state index contributed by atoms with van der Waals surface area (Å²) in [6, 6.07) is 11.1. The second kappa shape index (κ2) is 5.45. The maximum Gasteiger partial charge on any atom is 0.203 e. The van der Waals surface area contributed by atoms with Gasteiger partial charge in [-0.2, -0.15) is 0 Å². The van der Waals surface area contributed by atoms with Crippen LogP contribution in [0.1, 0.15) is 20.8 Å². The Bertz CT molecular complexity index is 536. The molecule has 1 heterocycles. The van der Waals surface area contributed by atoms with Crippen molar-refractivity contribution in [1.29, 1.82) is 0 Å². The van der Waals surface area contributed by atoms with Crippen molar-refractivity contribution in [1.82, 2.24) is 0 Å². The molecule has 0 aliphatic rings. The van der Waals surface area contributed by atoms with Gasteiger partial charge in [-0.15, -0.1) is 11.3 Å². The van der Waals surface area contributed by atoms with Crippen LogP contribution in [0.5, 0.6) is 0 Å². The van der Waals surface area contributed by atoms with Crippen LogP contribution >= 0.6 is 22.9 Å². The zero-order valence-corrected chi connectivity index (χ0v) is 10.7. The standard InChI is InChI=1S/C13H12ClNOS/c14-12-6-5-11(17-12)13(16)10-4-2-1-3-9(10)7-8-15/h1-6H,7-8,15H2. The van der Waals surface area contributed by atoms with E-state index in [1.165, 1.54) is 11.3 Å². The lowest BCUT2D eigenvalue weighted by Crippen LogP contribution is -2.08. The second-order valence-electron chi connectivity index (χ2n) is 3.63. The van der Waals surface area contributed by atoms with Gasteiger partial charge in [0.2, 0.25) is 5.78 Å². The van der Waals surface area contributed by atoms with Gasteiger partial charge >= 0.3 is 0 Å². The minimum Gasteiger partial charge on any atom is -0.330 e. The number of nitrogens with two attached hydrogens (primary N) is 1. The number of rotatable bonds is 4. The van der Waals surface area contributed by atoms with E-state index in [0.717, 1.165) is 11.1 Å². The monoisotopic (exact) mass is 265 g/mol. The van der Waals surface area contributed by atoms with Crippen molar-refractivity contribution >= 4 is 28.7 Å². The van der Waals surface area contributed by atoms with E-state index in [4.69, 9.17) is 17.3 Å². The Labute approximate surface area is 109 Å². The summed E-state index contributed by atoms with van der Waals surface area (Å²) in [5.41, 5.74) is 7.25. The summed E-state index contributed by atoms with van der Waals surface area (Å²) < 4.78 is 0.629. The average molecular weight is 266 g/mol. The fourth-order valence-electron chi connectivity index (χ4n) is 1.68. The molecule has 88 valence electrons. The van der Waals surface area contributed by atoms with Crippen molar-refractivity contribution in [2.45, 2.75) is 6.42 Å². The van der Waals surface area contributed by atoms with Crippen molar-refractivity contribution in [3.63, 3.8) is 0 Å². The van der Waals surface area contributed by atoms with Gasteiger partial charge in [-0.1, -0.05) is 35.9 Å². The molecule has 0 unspecified atom stereocenters. The first-order valence-electron chi connectivity index (χ1n) is 5.30. The Morgan fingerprint density at radius 3 is 2.65 bits per heavy atom. The third-order valence-electron chi connectivity index (χ3n) is 2.47. The van der Waals surface area contributed by atoms with Gasteiger partial charge in [0.05, 0.1) is 9.21 Å². The lowest BCUT2D eigenvalue weighted by atomic mass is 10.0. The van der Waals surface area contributed by atoms with Gasteiger partial charge in [0.15, 0.2) is 0 Å². The summed E-state index contributed by atoms with van der Waals surface area (Å²) in [6.07, 6.45) is 0.709. The minimum atomic E-state index is 0.0194. The van der Waals surface area contributed by atoms with E-state index < -0.39 is 0 Å². The molecule has 0 aliphatic heterocycles. The molecule has 0 radical (unpaired) electrons. The van der Waals surface area contributed by atoms with Gasteiger partial charge in [0, 0.05) is 5.56 Å². The van der Waals surface area contributed by atoms with Gasteiger partial charge in [-0.05, 0) is 30.7 Å². The fraction of sp³-hybridized carbons (Fsp3) is 0.154. The highest BCUT2D eigenvalue weighted by molar-refractivity contribution is 7.18. The van der Waals surface area contributed by atoms with Gasteiger partial charge in [-0.25, -0.2) is 0 Å². The van der Waals surface area contributed by atoms with Gasteiger partial charge in [-0.3, -0.25) is 4.79 Å². The highest BCUT2D eigenvalue weighted by atomic mass is 35.5. The number of benzene rings is 1. The molecule has 0 fully saturated rings. The second-order valence-corrected chi connectivity index (χ2v) is 5.34. The third-order valence-corrected chi connectivity index (χ3v) is 3.70. The maximum absolute atomic E-state index is 12.3. The molecule has 0 aliphatic carbocycles. The molecule has 2 N–H and O–H groups in total. The zero-order chi connectivity index (χ0) is 12.3. The van der Waals surface area contributed by atoms with E-state index in [2.05, 4.69) is 0 Å². The summed E-state index contributed by atoms with van der Waals surface area (Å²) in [6.45, 7) is 0.537. The predicted molar refractivity (Wildman–Crippen MR) is 72.0 cm³/mol. The highest BCUT2D eigenvalue weighted by Gasteiger charge is 2.14. The normalized spacial score (nSPS) is 10.5. The number of halogens is 1. The highest BCUT2D eigenvalue weighted by Crippen LogP contribution is 2.25. The Morgan fingerprint density at radius 1 is 1.24 bits per heavy atom. The van der Waals surface area contributed by atoms with Crippen LogP contribution in [0.25, 0.3) is 0 Å². The van der Waals surface area contributed by atoms with Crippen LogP contribution < -0.4 is 5.73 Å². The van der Waals surface area contributed by atoms with E-state index in [0.29, 0.717) is 22.2 Å². The first kappa shape index (κ1) is 12.3. The molecule has 0 saturated carbocycles. The quantitative estimate of drug-likeness (QED) is 0.863. The molecule has 0 atom stereocenters. The third kappa shape index (κ3) is 2.75. The Morgan fingerprint density at radius 2 is 2.00 bits per heavy atom. The largest absolute Gasteiger partial charge is 0.330 e. The van der Waals surface area contributed by atoms with Crippen molar-refractivity contribution < 1.29 is 4.79 Å². The Kier molecular flexibility index (Phi) is 3.94. The molecular formula is C13H12ClNOS. The van der Waals surface area contributed by atoms with Crippen molar-refractivity contribution in [2.75, 3.05) is 6.54 Å². The van der Waals surface area contributed by atoms with Crippen molar-refractivity contribution in [3.8, 4) is 0 Å². The molecule has 0 saturated heterocycles. The summed E-state index contributed by atoms with van der Waals surface area (Å²) in [5.74, 6) is 0.0194. The molecular weight excluding hydrogens is 254 g/mol. The average Bonchev–Trinajstić information content (AvgIpc) is 2.76. The Hall–Kier alpha value is -1.16. The zero-order valence-electron chi connectivity index (χ0n) is 9.15. The topological polar surface area (TPSA) is 43.1 Å². The summed E-state index contributed by atoms with van der Waals surface area (Å²) in [5, 5.41) is 0. The lowest BCUT2D eigenvalue weighted by Gasteiger charge is -2.05. The van der Waals surface area contributed by atoms with Crippen LogP contribution in [0.4, 0.5) is 0 Å². The summed E-state index contributed by atoms with van der Waals surface area (Å²) in [7, 11) is 0. The molecule has 0 amide bonds. The molecule has 17 heavy (non-hydrogen) atoms. The van der Waals surface area contributed by atoms with E-state index >= 15 is 0 Å². The molecule has 4 heteroatoms. The smallest absolute Gasteiger partial charge is 0.203 e.